The van der Waals surface area contributed by atoms with E-state index < -0.39 is 15.9 Å². The van der Waals surface area contributed by atoms with Crippen molar-refractivity contribution in [1.29, 1.82) is 0 Å². The number of aryl methyl sites for hydroxylation is 1. The van der Waals surface area contributed by atoms with Crippen LogP contribution in [0.5, 0.6) is 5.75 Å². The maximum atomic E-state index is 13.2. The predicted molar refractivity (Wildman–Crippen MR) is 129 cm³/mol. The molecule has 0 aliphatic carbocycles. The molecular formula is C24H27ClN2O5S. The van der Waals surface area contributed by atoms with Crippen LogP contribution in [0.15, 0.2) is 45.7 Å². The number of piperidine rings is 1. The zero-order chi connectivity index (χ0) is 23.8. The van der Waals surface area contributed by atoms with Crippen LogP contribution in [0.3, 0.4) is 0 Å². The third-order valence-electron chi connectivity index (χ3n) is 5.62. The van der Waals surface area contributed by atoms with E-state index in [1.54, 1.807) is 31.2 Å². The molecular weight excluding hydrogens is 464 g/mol. The number of amides is 1. The third kappa shape index (κ3) is 4.88. The summed E-state index contributed by atoms with van der Waals surface area (Å²) in [5, 5.41) is 4.08. The first kappa shape index (κ1) is 23.6. The molecule has 1 aliphatic heterocycles. The minimum absolute atomic E-state index is 0.115. The molecule has 0 saturated carbocycles. The molecule has 2 aromatic carbocycles. The van der Waals surface area contributed by atoms with Crippen molar-refractivity contribution in [3.05, 3.63) is 52.7 Å². The van der Waals surface area contributed by atoms with E-state index in [1.807, 2.05) is 13.8 Å². The molecule has 1 N–H and O–H groups in total. The Balaban J connectivity index is 1.70. The number of anilines is 1. The highest BCUT2D eigenvalue weighted by molar-refractivity contribution is 7.89. The van der Waals surface area contributed by atoms with Crippen LogP contribution in [-0.4, -0.2) is 37.8 Å². The highest BCUT2D eigenvalue weighted by Gasteiger charge is 2.28. The fraction of sp³-hybridized carbons (Fsp3) is 0.375. The number of furan rings is 1. The lowest BCUT2D eigenvalue weighted by molar-refractivity contribution is 0.0997. The lowest BCUT2D eigenvalue weighted by Gasteiger charge is -2.26. The Labute approximate surface area is 198 Å². The van der Waals surface area contributed by atoms with Crippen molar-refractivity contribution in [2.75, 3.05) is 18.4 Å². The Morgan fingerprint density at radius 3 is 2.55 bits per heavy atom. The van der Waals surface area contributed by atoms with Gasteiger partial charge in [0.2, 0.25) is 10.0 Å². The summed E-state index contributed by atoms with van der Waals surface area (Å²) in [5.41, 5.74) is 1.46. The maximum Gasteiger partial charge on any atom is 0.291 e. The van der Waals surface area contributed by atoms with Crippen LogP contribution in [-0.2, 0) is 10.0 Å². The quantitative estimate of drug-likeness (QED) is 0.485. The van der Waals surface area contributed by atoms with Crippen molar-refractivity contribution in [2.45, 2.75) is 51.0 Å². The third-order valence-corrected chi connectivity index (χ3v) is 7.75. The van der Waals surface area contributed by atoms with Gasteiger partial charge in [0.25, 0.3) is 5.91 Å². The van der Waals surface area contributed by atoms with E-state index in [2.05, 4.69) is 5.32 Å². The van der Waals surface area contributed by atoms with Gasteiger partial charge in [-0.3, -0.25) is 4.79 Å². The van der Waals surface area contributed by atoms with Crippen LogP contribution in [0.4, 0.5) is 5.69 Å². The number of ether oxygens (including phenoxy) is 1. The molecule has 0 unspecified atom stereocenters. The van der Waals surface area contributed by atoms with Gasteiger partial charge in [-0.05, 0) is 70.0 Å². The van der Waals surface area contributed by atoms with Crippen LogP contribution >= 0.6 is 11.6 Å². The first-order chi connectivity index (χ1) is 15.7. The topological polar surface area (TPSA) is 88.9 Å². The number of carbonyl (C=O) groups is 1. The van der Waals surface area contributed by atoms with E-state index in [4.69, 9.17) is 20.8 Å². The predicted octanol–water partition coefficient (Wildman–Crippen LogP) is 5.61. The number of carbonyl (C=O) groups excluding carboxylic acids is 1. The molecule has 176 valence electrons. The molecule has 9 heteroatoms. The smallest absolute Gasteiger partial charge is 0.291 e. The second-order valence-electron chi connectivity index (χ2n) is 8.44. The first-order valence-electron chi connectivity index (χ1n) is 11.0. The van der Waals surface area contributed by atoms with E-state index in [0.29, 0.717) is 35.0 Å². The molecule has 2 heterocycles. The molecule has 1 aliphatic rings. The normalized spacial score (nSPS) is 15.2. The number of benzene rings is 2. The summed E-state index contributed by atoms with van der Waals surface area (Å²) in [6.45, 7) is 6.48. The summed E-state index contributed by atoms with van der Waals surface area (Å²) in [6.07, 6.45) is 2.54. The SMILES string of the molecule is Cc1c(C(=O)Nc2cc(S(=O)(=O)N3CCCCC3)ccc2OC(C)C)oc2ccc(Cl)cc12. The summed E-state index contributed by atoms with van der Waals surface area (Å²) in [4.78, 5) is 13.3. The Bertz CT molecular complexity index is 1290. The van der Waals surface area contributed by atoms with E-state index in [9.17, 15) is 13.2 Å². The minimum atomic E-state index is -3.68. The summed E-state index contributed by atoms with van der Waals surface area (Å²) < 4.78 is 39.4. The van der Waals surface area contributed by atoms with Crippen molar-refractivity contribution in [1.82, 2.24) is 4.31 Å². The Hall–Kier alpha value is -2.55. The highest BCUT2D eigenvalue weighted by atomic mass is 35.5. The number of halogens is 1. The molecule has 7 nitrogen and oxygen atoms in total. The van der Waals surface area contributed by atoms with Gasteiger partial charge in [-0.1, -0.05) is 18.0 Å². The number of hydrogen-bond acceptors (Lipinski definition) is 5. The van der Waals surface area contributed by atoms with Crippen molar-refractivity contribution >= 4 is 44.2 Å². The molecule has 1 amide bonds. The van der Waals surface area contributed by atoms with E-state index >= 15 is 0 Å². The molecule has 0 atom stereocenters. The fourth-order valence-electron chi connectivity index (χ4n) is 3.97. The standard InChI is InChI=1S/C24H27ClN2O5S/c1-15(2)31-22-10-8-18(33(29,30)27-11-5-4-6-12-27)14-20(22)26-24(28)23-16(3)19-13-17(25)7-9-21(19)32-23/h7-10,13-15H,4-6,11-12H2,1-3H3,(H,26,28). The van der Waals surface area contributed by atoms with Crippen molar-refractivity contribution in [3.63, 3.8) is 0 Å². The number of rotatable bonds is 6. The van der Waals surface area contributed by atoms with Gasteiger partial charge in [-0.2, -0.15) is 4.31 Å². The molecule has 0 spiro atoms. The van der Waals surface area contributed by atoms with Crippen molar-refractivity contribution < 1.29 is 22.4 Å². The number of nitrogens with one attached hydrogen (secondary N) is 1. The summed E-state index contributed by atoms with van der Waals surface area (Å²) in [5.74, 6) is 0.0146. The van der Waals surface area contributed by atoms with Crippen LogP contribution in [0.25, 0.3) is 11.0 Å². The molecule has 1 aromatic heterocycles. The average molecular weight is 491 g/mol. The van der Waals surface area contributed by atoms with Gasteiger partial charge >= 0.3 is 0 Å². The Morgan fingerprint density at radius 2 is 1.85 bits per heavy atom. The van der Waals surface area contributed by atoms with Gasteiger partial charge in [0.05, 0.1) is 16.7 Å². The van der Waals surface area contributed by atoms with Crippen LogP contribution in [0.2, 0.25) is 5.02 Å². The van der Waals surface area contributed by atoms with Crippen molar-refractivity contribution in [3.8, 4) is 5.75 Å². The number of nitrogens with zero attached hydrogens (tertiary/aromatic N) is 1. The lowest BCUT2D eigenvalue weighted by atomic mass is 10.1. The Kier molecular flexibility index (Phi) is 6.70. The monoisotopic (exact) mass is 490 g/mol. The average Bonchev–Trinajstić information content (AvgIpc) is 3.11. The second kappa shape index (κ2) is 9.37. The molecule has 1 saturated heterocycles. The zero-order valence-electron chi connectivity index (χ0n) is 18.9. The van der Waals surface area contributed by atoms with Crippen LogP contribution in [0, 0.1) is 6.92 Å². The fourth-order valence-corrected chi connectivity index (χ4v) is 5.68. The minimum Gasteiger partial charge on any atom is -0.489 e. The number of hydrogen-bond donors (Lipinski definition) is 1. The van der Waals surface area contributed by atoms with Gasteiger partial charge in [0.15, 0.2) is 5.76 Å². The van der Waals surface area contributed by atoms with Gasteiger partial charge in [0, 0.05) is 29.1 Å². The van der Waals surface area contributed by atoms with E-state index in [-0.39, 0.29) is 22.4 Å². The number of fused-ring (bicyclic) bond motifs is 1. The van der Waals surface area contributed by atoms with Crippen LogP contribution < -0.4 is 10.1 Å². The molecule has 3 aromatic rings. The Morgan fingerprint density at radius 1 is 1.12 bits per heavy atom. The molecule has 1 fully saturated rings. The highest BCUT2D eigenvalue weighted by Crippen LogP contribution is 2.33. The summed E-state index contributed by atoms with van der Waals surface area (Å²) in [6, 6.07) is 9.70. The summed E-state index contributed by atoms with van der Waals surface area (Å²) >= 11 is 6.08. The van der Waals surface area contributed by atoms with E-state index in [0.717, 1.165) is 24.6 Å². The van der Waals surface area contributed by atoms with Crippen LogP contribution in [0.1, 0.15) is 49.2 Å². The lowest BCUT2D eigenvalue weighted by Crippen LogP contribution is -2.35. The summed E-state index contributed by atoms with van der Waals surface area (Å²) in [7, 11) is -3.68. The second-order valence-corrected chi connectivity index (χ2v) is 10.8. The molecule has 0 bridgehead atoms. The largest absolute Gasteiger partial charge is 0.489 e. The van der Waals surface area contributed by atoms with Gasteiger partial charge in [-0.25, -0.2) is 8.42 Å². The molecule has 0 radical (unpaired) electrons. The zero-order valence-corrected chi connectivity index (χ0v) is 20.4. The number of sulfonamides is 1. The van der Waals surface area contributed by atoms with Gasteiger partial charge in [-0.15, -0.1) is 0 Å². The van der Waals surface area contributed by atoms with Gasteiger partial charge in [0.1, 0.15) is 11.3 Å². The van der Waals surface area contributed by atoms with Crippen molar-refractivity contribution in [2.24, 2.45) is 0 Å². The first-order valence-corrected chi connectivity index (χ1v) is 12.8. The molecule has 4 rings (SSSR count). The van der Waals surface area contributed by atoms with E-state index in [1.165, 1.54) is 16.4 Å². The molecule has 33 heavy (non-hydrogen) atoms. The van der Waals surface area contributed by atoms with Gasteiger partial charge < -0.3 is 14.5 Å². The maximum absolute atomic E-state index is 13.2.